The standard InChI is InChI=1S/C19H19BrN4O5S2/c1-29-10-15(21-17(25)13-6-7-24(9-13)31(2,27)28)18(26)23-19-22-16(11-30-19)12-4-3-5-14(20)8-12/h3-9,11,15H,10H2,1-2H3,(H,21,25)(H,22,23,26)/t15-/m0/s1. The topological polar surface area (TPSA) is 119 Å². The van der Waals surface area contributed by atoms with E-state index in [9.17, 15) is 18.0 Å². The number of hydrogen-bond donors (Lipinski definition) is 2. The minimum atomic E-state index is -3.51. The highest BCUT2D eigenvalue weighted by atomic mass is 79.9. The second kappa shape index (κ2) is 9.73. The Morgan fingerprint density at radius 1 is 1.32 bits per heavy atom. The highest BCUT2D eigenvalue weighted by Gasteiger charge is 2.23. The number of carbonyl (C=O) groups is 2. The van der Waals surface area contributed by atoms with E-state index in [1.54, 1.807) is 0 Å². The number of rotatable bonds is 8. The third-order valence-electron chi connectivity index (χ3n) is 4.12. The largest absolute Gasteiger partial charge is 0.382 e. The number of amides is 2. The summed E-state index contributed by atoms with van der Waals surface area (Å²) in [5.74, 6) is -1.11. The monoisotopic (exact) mass is 526 g/mol. The number of benzene rings is 1. The number of carbonyl (C=O) groups excluding carboxylic acids is 2. The molecule has 2 amide bonds. The highest BCUT2D eigenvalue weighted by Crippen LogP contribution is 2.27. The third kappa shape index (κ3) is 6.00. The normalized spacial score (nSPS) is 12.4. The highest BCUT2D eigenvalue weighted by molar-refractivity contribution is 9.10. The first-order chi connectivity index (χ1) is 14.7. The number of ether oxygens (including phenoxy) is 1. The molecule has 164 valence electrons. The van der Waals surface area contributed by atoms with Crippen LogP contribution in [0.2, 0.25) is 0 Å². The predicted octanol–water partition coefficient (Wildman–Crippen LogP) is 2.57. The van der Waals surface area contributed by atoms with Crippen LogP contribution in [0.3, 0.4) is 0 Å². The molecule has 31 heavy (non-hydrogen) atoms. The molecule has 0 aliphatic carbocycles. The van der Waals surface area contributed by atoms with Crippen molar-refractivity contribution in [2.45, 2.75) is 6.04 Å². The number of thiazole rings is 1. The smallest absolute Gasteiger partial charge is 0.253 e. The van der Waals surface area contributed by atoms with Crippen LogP contribution in [-0.2, 0) is 19.6 Å². The molecule has 0 fully saturated rings. The Morgan fingerprint density at radius 3 is 2.74 bits per heavy atom. The first-order valence-electron chi connectivity index (χ1n) is 8.88. The molecule has 12 heteroatoms. The van der Waals surface area contributed by atoms with Gasteiger partial charge in [-0.25, -0.2) is 13.4 Å². The van der Waals surface area contributed by atoms with Crippen molar-refractivity contribution < 1.29 is 22.7 Å². The fraction of sp³-hybridized carbons (Fsp3) is 0.211. The number of aromatic nitrogens is 2. The van der Waals surface area contributed by atoms with Crippen LogP contribution in [0.5, 0.6) is 0 Å². The second-order valence-electron chi connectivity index (χ2n) is 6.51. The van der Waals surface area contributed by atoms with Gasteiger partial charge in [-0.1, -0.05) is 28.1 Å². The Labute approximate surface area is 191 Å². The van der Waals surface area contributed by atoms with E-state index in [4.69, 9.17) is 4.74 Å². The minimum Gasteiger partial charge on any atom is -0.382 e. The number of hydrogen-bond acceptors (Lipinski definition) is 7. The van der Waals surface area contributed by atoms with Gasteiger partial charge in [0, 0.05) is 34.9 Å². The summed E-state index contributed by atoms with van der Waals surface area (Å²) >= 11 is 4.67. The van der Waals surface area contributed by atoms with Gasteiger partial charge in [0.2, 0.25) is 10.0 Å². The maximum absolute atomic E-state index is 12.7. The molecule has 0 aliphatic rings. The summed E-state index contributed by atoms with van der Waals surface area (Å²) in [6.07, 6.45) is 3.46. The number of nitrogens with zero attached hydrogens (tertiary/aromatic N) is 2. The quantitative estimate of drug-likeness (QED) is 0.465. The van der Waals surface area contributed by atoms with Gasteiger partial charge in [0.25, 0.3) is 11.8 Å². The lowest BCUT2D eigenvalue weighted by Gasteiger charge is -2.16. The molecule has 0 aliphatic heterocycles. The third-order valence-corrected chi connectivity index (χ3v) is 6.37. The van der Waals surface area contributed by atoms with Crippen molar-refractivity contribution in [1.82, 2.24) is 14.3 Å². The van der Waals surface area contributed by atoms with Gasteiger partial charge < -0.3 is 15.4 Å². The zero-order valence-electron chi connectivity index (χ0n) is 16.5. The summed E-state index contributed by atoms with van der Waals surface area (Å²) in [5.41, 5.74) is 1.70. The molecule has 0 unspecified atom stereocenters. The van der Waals surface area contributed by atoms with E-state index in [0.717, 1.165) is 20.3 Å². The number of halogens is 1. The SMILES string of the molecule is COC[C@H](NC(=O)c1ccn(S(C)(=O)=O)c1)C(=O)Nc1nc(-c2cccc(Br)c2)cs1. The van der Waals surface area contributed by atoms with Crippen molar-refractivity contribution in [2.75, 3.05) is 25.3 Å². The van der Waals surface area contributed by atoms with Crippen LogP contribution in [0.15, 0.2) is 52.6 Å². The maximum Gasteiger partial charge on any atom is 0.253 e. The number of methoxy groups -OCH3 is 1. The summed E-state index contributed by atoms with van der Waals surface area (Å²) in [6.45, 7) is -0.0752. The van der Waals surface area contributed by atoms with Crippen molar-refractivity contribution in [2.24, 2.45) is 0 Å². The van der Waals surface area contributed by atoms with E-state index in [-0.39, 0.29) is 12.2 Å². The first kappa shape index (κ1) is 23.1. The van der Waals surface area contributed by atoms with E-state index in [1.807, 2.05) is 29.6 Å². The molecule has 3 rings (SSSR count). The van der Waals surface area contributed by atoms with Crippen molar-refractivity contribution >= 4 is 54.2 Å². The summed E-state index contributed by atoms with van der Waals surface area (Å²) in [4.78, 5) is 29.6. The van der Waals surface area contributed by atoms with E-state index in [2.05, 4.69) is 31.5 Å². The first-order valence-corrected chi connectivity index (χ1v) is 12.4. The average molecular weight is 527 g/mol. The van der Waals surface area contributed by atoms with Gasteiger partial charge >= 0.3 is 0 Å². The van der Waals surface area contributed by atoms with Gasteiger partial charge in [-0.15, -0.1) is 11.3 Å². The van der Waals surface area contributed by atoms with Gasteiger partial charge in [0.1, 0.15) is 6.04 Å². The van der Waals surface area contributed by atoms with Gasteiger partial charge in [-0.2, -0.15) is 0 Å². The summed E-state index contributed by atoms with van der Waals surface area (Å²) in [7, 11) is -2.11. The molecule has 0 bridgehead atoms. The molecule has 0 radical (unpaired) electrons. The Kier molecular flexibility index (Phi) is 7.26. The average Bonchev–Trinajstić information content (AvgIpc) is 3.37. The molecule has 2 heterocycles. The number of nitrogens with one attached hydrogen (secondary N) is 2. The molecule has 0 saturated carbocycles. The van der Waals surface area contributed by atoms with Crippen LogP contribution in [0.4, 0.5) is 5.13 Å². The Morgan fingerprint density at radius 2 is 2.10 bits per heavy atom. The summed E-state index contributed by atoms with van der Waals surface area (Å²) in [5, 5.41) is 7.42. The molecule has 2 aromatic heterocycles. The van der Waals surface area contributed by atoms with Gasteiger partial charge in [-0.3, -0.25) is 13.6 Å². The molecule has 0 saturated heterocycles. The zero-order valence-corrected chi connectivity index (χ0v) is 19.8. The second-order valence-corrected chi connectivity index (χ2v) is 10.2. The summed E-state index contributed by atoms with van der Waals surface area (Å²) < 4.78 is 30.0. The lowest BCUT2D eigenvalue weighted by molar-refractivity contribution is -0.119. The molecule has 9 nitrogen and oxygen atoms in total. The van der Waals surface area contributed by atoms with Gasteiger partial charge in [0.15, 0.2) is 5.13 Å². The Balaban J connectivity index is 1.69. The fourth-order valence-electron chi connectivity index (χ4n) is 2.61. The predicted molar refractivity (Wildman–Crippen MR) is 122 cm³/mol. The van der Waals surface area contributed by atoms with E-state index < -0.39 is 27.9 Å². The minimum absolute atomic E-state index is 0.0752. The van der Waals surface area contributed by atoms with Crippen molar-refractivity contribution in [3.8, 4) is 11.3 Å². The van der Waals surface area contributed by atoms with E-state index >= 15 is 0 Å². The molecule has 0 spiro atoms. The Hall–Kier alpha value is -2.54. The lowest BCUT2D eigenvalue weighted by Crippen LogP contribution is -2.46. The van der Waals surface area contributed by atoms with Crippen molar-refractivity contribution in [3.05, 3.63) is 58.1 Å². The van der Waals surface area contributed by atoms with Crippen LogP contribution in [0.1, 0.15) is 10.4 Å². The van der Waals surface area contributed by atoms with Gasteiger partial charge in [-0.05, 0) is 18.2 Å². The Bertz CT molecular complexity index is 1210. The van der Waals surface area contributed by atoms with Crippen molar-refractivity contribution in [1.29, 1.82) is 0 Å². The van der Waals surface area contributed by atoms with Crippen LogP contribution in [0.25, 0.3) is 11.3 Å². The fourth-order valence-corrected chi connectivity index (χ4v) is 4.32. The van der Waals surface area contributed by atoms with Crippen LogP contribution in [0, 0.1) is 0 Å². The molecule has 1 atom stereocenters. The molecular weight excluding hydrogens is 508 g/mol. The number of anilines is 1. The molecular formula is C19H19BrN4O5S2. The molecule has 2 N–H and O–H groups in total. The van der Waals surface area contributed by atoms with E-state index in [1.165, 1.54) is 36.9 Å². The molecule has 3 aromatic rings. The van der Waals surface area contributed by atoms with Crippen LogP contribution >= 0.6 is 27.3 Å². The van der Waals surface area contributed by atoms with Crippen LogP contribution < -0.4 is 10.6 Å². The summed E-state index contributed by atoms with van der Waals surface area (Å²) in [6, 6.07) is 7.96. The zero-order chi connectivity index (χ0) is 22.6. The van der Waals surface area contributed by atoms with Gasteiger partial charge in [0.05, 0.1) is 24.1 Å². The maximum atomic E-state index is 12.7. The lowest BCUT2D eigenvalue weighted by atomic mass is 10.2. The van der Waals surface area contributed by atoms with E-state index in [0.29, 0.717) is 10.8 Å². The van der Waals surface area contributed by atoms with Crippen molar-refractivity contribution in [3.63, 3.8) is 0 Å². The van der Waals surface area contributed by atoms with Crippen LogP contribution in [-0.4, -0.2) is 55.2 Å². The molecule has 1 aromatic carbocycles.